The van der Waals surface area contributed by atoms with E-state index < -0.39 is 5.54 Å². The predicted octanol–water partition coefficient (Wildman–Crippen LogP) is 1.10. The number of carbonyl (C=O) groups is 1. The lowest BCUT2D eigenvalue weighted by Gasteiger charge is -2.16. The number of ketones is 1. The second kappa shape index (κ2) is 4.15. The van der Waals surface area contributed by atoms with Crippen molar-refractivity contribution in [1.29, 1.82) is 0 Å². The van der Waals surface area contributed by atoms with E-state index in [-0.39, 0.29) is 5.78 Å². The van der Waals surface area contributed by atoms with E-state index >= 15 is 0 Å². The van der Waals surface area contributed by atoms with Crippen LogP contribution in [0.4, 0.5) is 0 Å². The number of hydrogen-bond donors (Lipinski definition) is 1. The molecule has 0 rings (SSSR count). The third-order valence-corrected chi connectivity index (χ3v) is 1.20. The van der Waals surface area contributed by atoms with E-state index in [1.165, 1.54) is 0 Å². The lowest BCUT2D eigenvalue weighted by molar-refractivity contribution is -0.119. The Morgan fingerprint density at radius 3 is 2.55 bits per heavy atom. The quantitative estimate of drug-likeness (QED) is 0.614. The summed E-state index contributed by atoms with van der Waals surface area (Å²) in [4.78, 5) is 11.0. The van der Waals surface area contributed by atoms with Crippen LogP contribution in [0.15, 0.2) is 0 Å². The molecule has 2 nitrogen and oxygen atoms in total. The Balaban J connectivity index is 3.64. The molecule has 0 aromatic heterocycles. The highest BCUT2D eigenvalue weighted by Crippen LogP contribution is 2.06. The molecule has 0 fully saturated rings. The maximum Gasteiger partial charge on any atom is 0.135 e. The number of terminal acetylenes is 1. The van der Waals surface area contributed by atoms with Crippen LogP contribution in [0.25, 0.3) is 0 Å². The average Bonchev–Trinajstić information content (AvgIpc) is 1.79. The van der Waals surface area contributed by atoms with Gasteiger partial charge in [-0.2, -0.15) is 0 Å². The summed E-state index contributed by atoms with van der Waals surface area (Å²) in [6.45, 7) is 3.67. The van der Waals surface area contributed by atoms with Gasteiger partial charge in [0.1, 0.15) is 5.78 Å². The van der Waals surface area contributed by atoms with Crippen molar-refractivity contribution in [2.75, 3.05) is 0 Å². The van der Waals surface area contributed by atoms with E-state index in [4.69, 9.17) is 12.2 Å². The van der Waals surface area contributed by atoms with Crippen molar-refractivity contribution >= 4 is 5.78 Å². The molecule has 0 aliphatic carbocycles. The fourth-order valence-electron chi connectivity index (χ4n) is 0.808. The molecule has 0 aromatic rings. The first-order valence-corrected chi connectivity index (χ1v) is 3.70. The molecule has 2 N–H and O–H groups in total. The fraction of sp³-hybridized carbons (Fsp3) is 0.667. The second-order valence-electron chi connectivity index (χ2n) is 3.41. The third kappa shape index (κ3) is 7.08. The first kappa shape index (κ1) is 10.2. The van der Waals surface area contributed by atoms with Crippen LogP contribution >= 0.6 is 0 Å². The maximum atomic E-state index is 11.0. The Kier molecular flexibility index (Phi) is 3.84. The predicted molar refractivity (Wildman–Crippen MR) is 46.0 cm³/mol. The monoisotopic (exact) mass is 153 g/mol. The molecule has 0 saturated heterocycles. The molecule has 0 atom stereocenters. The van der Waals surface area contributed by atoms with Gasteiger partial charge in [0, 0.05) is 24.8 Å². The second-order valence-corrected chi connectivity index (χ2v) is 3.41. The summed E-state index contributed by atoms with van der Waals surface area (Å²) in [5.74, 6) is 2.57. The zero-order valence-electron chi connectivity index (χ0n) is 7.18. The molecule has 0 heterocycles. The SMILES string of the molecule is C#CCCC(=O)CC(C)(C)N. The number of carbonyl (C=O) groups excluding carboxylic acids is 1. The van der Waals surface area contributed by atoms with Crippen LogP contribution in [0.1, 0.15) is 33.1 Å². The Hall–Kier alpha value is -0.810. The van der Waals surface area contributed by atoms with Gasteiger partial charge in [-0.15, -0.1) is 12.3 Å². The van der Waals surface area contributed by atoms with E-state index in [2.05, 4.69) is 5.92 Å². The highest BCUT2D eigenvalue weighted by molar-refractivity contribution is 5.79. The first-order valence-electron chi connectivity index (χ1n) is 3.70. The van der Waals surface area contributed by atoms with Gasteiger partial charge in [0.15, 0.2) is 0 Å². The molecule has 11 heavy (non-hydrogen) atoms. The molecule has 0 aliphatic heterocycles. The van der Waals surface area contributed by atoms with Crippen molar-refractivity contribution in [1.82, 2.24) is 0 Å². The molecule has 0 unspecified atom stereocenters. The summed E-state index contributed by atoms with van der Waals surface area (Å²) in [6, 6.07) is 0. The molecule has 0 spiro atoms. The van der Waals surface area contributed by atoms with Crippen LogP contribution in [0, 0.1) is 12.3 Å². The minimum Gasteiger partial charge on any atom is -0.325 e. The molecule has 0 saturated carbocycles. The van der Waals surface area contributed by atoms with Crippen molar-refractivity contribution in [2.24, 2.45) is 5.73 Å². The molecule has 62 valence electrons. The first-order chi connectivity index (χ1) is 4.95. The Morgan fingerprint density at radius 2 is 2.18 bits per heavy atom. The molecule has 2 heteroatoms. The van der Waals surface area contributed by atoms with Gasteiger partial charge in [0.05, 0.1) is 0 Å². The zero-order valence-corrected chi connectivity index (χ0v) is 7.18. The van der Waals surface area contributed by atoms with Gasteiger partial charge < -0.3 is 5.73 Å². The van der Waals surface area contributed by atoms with E-state index in [1.54, 1.807) is 0 Å². The molecule has 0 bridgehead atoms. The van der Waals surface area contributed by atoms with E-state index in [0.29, 0.717) is 19.3 Å². The molecule has 0 aromatic carbocycles. The Bertz CT molecular complexity index is 171. The van der Waals surface area contributed by atoms with Crippen molar-refractivity contribution in [3.05, 3.63) is 0 Å². The number of nitrogens with two attached hydrogens (primary N) is 1. The lowest BCUT2D eigenvalue weighted by atomic mass is 9.97. The summed E-state index contributed by atoms with van der Waals surface area (Å²) >= 11 is 0. The minimum absolute atomic E-state index is 0.149. The standard InChI is InChI=1S/C9H15NO/c1-4-5-6-8(11)7-9(2,3)10/h1H,5-7,10H2,2-3H3. The van der Waals surface area contributed by atoms with Gasteiger partial charge >= 0.3 is 0 Å². The molecule has 0 radical (unpaired) electrons. The van der Waals surface area contributed by atoms with Gasteiger partial charge in [0.2, 0.25) is 0 Å². The minimum atomic E-state index is -0.397. The topological polar surface area (TPSA) is 43.1 Å². The summed E-state index contributed by atoms with van der Waals surface area (Å²) in [5.41, 5.74) is 5.24. The summed E-state index contributed by atoms with van der Waals surface area (Å²) in [7, 11) is 0. The fourth-order valence-corrected chi connectivity index (χ4v) is 0.808. The smallest absolute Gasteiger partial charge is 0.135 e. The van der Waals surface area contributed by atoms with Crippen LogP contribution in [-0.4, -0.2) is 11.3 Å². The summed E-state index contributed by atoms with van der Waals surface area (Å²) in [6.07, 6.45) is 6.40. The highest BCUT2D eigenvalue weighted by Gasteiger charge is 2.15. The molecular formula is C9H15NO. The highest BCUT2D eigenvalue weighted by atomic mass is 16.1. The van der Waals surface area contributed by atoms with Gasteiger partial charge in [-0.1, -0.05) is 0 Å². The van der Waals surface area contributed by atoms with Crippen LogP contribution in [0.3, 0.4) is 0 Å². The van der Waals surface area contributed by atoms with Crippen molar-refractivity contribution in [3.63, 3.8) is 0 Å². The molecular weight excluding hydrogens is 138 g/mol. The van der Waals surface area contributed by atoms with E-state index in [0.717, 1.165) is 0 Å². The van der Waals surface area contributed by atoms with Gasteiger partial charge in [-0.05, 0) is 13.8 Å². The van der Waals surface area contributed by atoms with Crippen LogP contribution in [0.2, 0.25) is 0 Å². The zero-order chi connectivity index (χ0) is 8.91. The lowest BCUT2D eigenvalue weighted by Crippen LogP contribution is -2.34. The third-order valence-electron chi connectivity index (χ3n) is 1.20. The maximum absolute atomic E-state index is 11.0. The summed E-state index contributed by atoms with van der Waals surface area (Å²) in [5, 5.41) is 0. The van der Waals surface area contributed by atoms with E-state index in [9.17, 15) is 4.79 Å². The van der Waals surface area contributed by atoms with Crippen LogP contribution < -0.4 is 5.73 Å². The number of rotatable bonds is 4. The largest absolute Gasteiger partial charge is 0.325 e. The average molecular weight is 153 g/mol. The summed E-state index contributed by atoms with van der Waals surface area (Å²) < 4.78 is 0. The molecule has 0 amide bonds. The number of hydrogen-bond acceptors (Lipinski definition) is 2. The van der Waals surface area contributed by atoms with Crippen LogP contribution in [0.5, 0.6) is 0 Å². The van der Waals surface area contributed by atoms with Gasteiger partial charge in [0.25, 0.3) is 0 Å². The number of Topliss-reactive ketones (excluding diaryl/α,β-unsaturated/α-hetero) is 1. The van der Waals surface area contributed by atoms with Gasteiger partial charge in [-0.25, -0.2) is 0 Å². The molecule has 0 aliphatic rings. The Morgan fingerprint density at radius 1 is 1.64 bits per heavy atom. The normalized spacial score (nSPS) is 10.7. The van der Waals surface area contributed by atoms with Crippen molar-refractivity contribution in [3.8, 4) is 12.3 Å². The van der Waals surface area contributed by atoms with Crippen LogP contribution in [-0.2, 0) is 4.79 Å². The Labute approximate surface area is 68.2 Å². The van der Waals surface area contributed by atoms with Crippen molar-refractivity contribution < 1.29 is 4.79 Å². The van der Waals surface area contributed by atoms with E-state index in [1.807, 2.05) is 13.8 Å². The van der Waals surface area contributed by atoms with Crippen molar-refractivity contribution in [2.45, 2.75) is 38.6 Å². The van der Waals surface area contributed by atoms with Gasteiger partial charge in [-0.3, -0.25) is 4.79 Å².